The van der Waals surface area contributed by atoms with Crippen molar-refractivity contribution in [3.63, 3.8) is 0 Å². The van der Waals surface area contributed by atoms with Crippen molar-refractivity contribution in [2.75, 3.05) is 20.5 Å². The van der Waals surface area contributed by atoms with Crippen LogP contribution in [0.25, 0.3) is 0 Å². The molecule has 0 aromatic carbocycles. The molecular formula is C11H21IO3. The van der Waals surface area contributed by atoms with Gasteiger partial charge in [0.05, 0.1) is 6.10 Å². The van der Waals surface area contributed by atoms with E-state index in [1.807, 2.05) is 13.8 Å². The maximum absolute atomic E-state index is 9.14. The van der Waals surface area contributed by atoms with Gasteiger partial charge >= 0.3 is 0 Å². The maximum Gasteiger partial charge on any atom is 0.146 e. The van der Waals surface area contributed by atoms with Crippen LogP contribution in [-0.2, 0) is 9.47 Å². The van der Waals surface area contributed by atoms with Crippen LogP contribution in [0.2, 0.25) is 0 Å². The molecule has 0 unspecified atom stereocenters. The van der Waals surface area contributed by atoms with Crippen LogP contribution in [0.5, 0.6) is 0 Å². The Morgan fingerprint density at radius 3 is 2.47 bits per heavy atom. The summed E-state index contributed by atoms with van der Waals surface area (Å²) in [5.74, 6) is 0.390. The lowest BCUT2D eigenvalue weighted by Gasteiger charge is -2.26. The highest BCUT2D eigenvalue weighted by molar-refractivity contribution is 14.1. The van der Waals surface area contributed by atoms with Crippen LogP contribution in [-0.4, -0.2) is 31.7 Å². The van der Waals surface area contributed by atoms with Crippen molar-refractivity contribution in [2.45, 2.75) is 26.9 Å². The van der Waals surface area contributed by atoms with Gasteiger partial charge in [-0.25, -0.2) is 0 Å². The van der Waals surface area contributed by atoms with E-state index in [1.165, 1.54) is 3.58 Å². The highest BCUT2D eigenvalue weighted by Crippen LogP contribution is 2.21. The molecule has 0 aliphatic rings. The van der Waals surface area contributed by atoms with Gasteiger partial charge in [-0.2, -0.15) is 0 Å². The normalized spacial score (nSPS) is 18.7. The van der Waals surface area contributed by atoms with E-state index >= 15 is 0 Å². The molecule has 0 spiro atoms. The molecule has 0 fully saturated rings. The van der Waals surface area contributed by atoms with Crippen molar-refractivity contribution in [3.05, 3.63) is 9.66 Å². The maximum atomic E-state index is 9.14. The first-order valence-electron chi connectivity index (χ1n) is 5.08. The summed E-state index contributed by atoms with van der Waals surface area (Å²) in [6.07, 6.45) is 2.15. The molecule has 0 aliphatic heterocycles. The zero-order valence-corrected chi connectivity index (χ0v) is 12.0. The van der Waals surface area contributed by atoms with Crippen LogP contribution >= 0.6 is 22.6 Å². The summed E-state index contributed by atoms with van der Waals surface area (Å²) >= 11 is 2.28. The summed E-state index contributed by atoms with van der Waals surface area (Å²) in [5, 5.41) is 9.14. The average Bonchev–Trinajstić information content (AvgIpc) is 2.16. The average molecular weight is 328 g/mol. The number of halogens is 1. The number of ether oxygens (including phenoxy) is 2. The Morgan fingerprint density at radius 2 is 2.07 bits per heavy atom. The third-order valence-corrected chi connectivity index (χ3v) is 2.60. The Kier molecular flexibility index (Phi) is 8.69. The second-order valence-corrected chi connectivity index (χ2v) is 5.51. The van der Waals surface area contributed by atoms with Crippen molar-refractivity contribution in [2.24, 2.45) is 11.8 Å². The van der Waals surface area contributed by atoms with Crippen LogP contribution in [0.15, 0.2) is 9.66 Å². The molecule has 0 amide bonds. The molecule has 0 aromatic heterocycles. The van der Waals surface area contributed by atoms with Crippen molar-refractivity contribution in [1.29, 1.82) is 0 Å². The summed E-state index contributed by atoms with van der Waals surface area (Å²) < 4.78 is 11.7. The summed E-state index contributed by atoms with van der Waals surface area (Å²) in [5.41, 5.74) is 0. The molecule has 0 aromatic rings. The van der Waals surface area contributed by atoms with E-state index in [-0.39, 0.29) is 31.3 Å². The van der Waals surface area contributed by atoms with Gasteiger partial charge in [0.15, 0.2) is 0 Å². The van der Waals surface area contributed by atoms with Gasteiger partial charge in [-0.15, -0.1) is 0 Å². The smallest absolute Gasteiger partial charge is 0.146 e. The van der Waals surface area contributed by atoms with Gasteiger partial charge in [-0.05, 0) is 33.1 Å². The predicted molar refractivity (Wildman–Crippen MR) is 69.9 cm³/mol. The van der Waals surface area contributed by atoms with E-state index < -0.39 is 0 Å². The quantitative estimate of drug-likeness (QED) is 0.577. The molecular weight excluding hydrogens is 307 g/mol. The number of methoxy groups -OCH3 is 1. The Morgan fingerprint density at radius 1 is 1.47 bits per heavy atom. The molecule has 90 valence electrons. The second kappa shape index (κ2) is 8.50. The number of aliphatic hydroxyl groups excluding tert-OH is 1. The van der Waals surface area contributed by atoms with Gasteiger partial charge in [0.1, 0.15) is 6.79 Å². The number of rotatable bonds is 7. The summed E-state index contributed by atoms with van der Waals surface area (Å²) in [4.78, 5) is 0. The van der Waals surface area contributed by atoms with Gasteiger partial charge in [0.2, 0.25) is 0 Å². The number of hydrogen-bond donors (Lipinski definition) is 1. The molecule has 0 rings (SSSR count). The highest BCUT2D eigenvalue weighted by Gasteiger charge is 2.22. The van der Waals surface area contributed by atoms with E-state index in [0.29, 0.717) is 0 Å². The van der Waals surface area contributed by atoms with Crippen LogP contribution < -0.4 is 0 Å². The Bertz CT molecular complexity index is 190. The van der Waals surface area contributed by atoms with Crippen LogP contribution in [0.3, 0.4) is 0 Å². The zero-order valence-electron chi connectivity index (χ0n) is 9.87. The number of hydrogen-bond acceptors (Lipinski definition) is 3. The van der Waals surface area contributed by atoms with E-state index in [0.717, 1.165) is 0 Å². The standard InChI is InChI=1S/C11H21IO3/c1-8(5-10(3)12)11(9(2)6-13)15-7-14-4/h5,8-9,11,13H,6-7H2,1-4H3/b10-5-/t8-,9-,11+/m0/s1. The van der Waals surface area contributed by atoms with Crippen molar-refractivity contribution < 1.29 is 14.6 Å². The monoisotopic (exact) mass is 328 g/mol. The summed E-state index contributed by atoms with van der Waals surface area (Å²) in [7, 11) is 1.60. The van der Waals surface area contributed by atoms with Gasteiger partial charge in [-0.1, -0.05) is 19.9 Å². The molecule has 0 saturated carbocycles. The predicted octanol–water partition coefficient (Wildman–Crippen LogP) is 2.58. The van der Waals surface area contributed by atoms with Crippen LogP contribution in [0.4, 0.5) is 0 Å². The van der Waals surface area contributed by atoms with Crippen molar-refractivity contribution in [3.8, 4) is 0 Å². The minimum atomic E-state index is -0.000309. The molecule has 4 heteroatoms. The third-order valence-electron chi connectivity index (χ3n) is 2.24. The highest BCUT2D eigenvalue weighted by atomic mass is 127. The molecule has 3 nitrogen and oxygen atoms in total. The van der Waals surface area contributed by atoms with Gasteiger partial charge < -0.3 is 14.6 Å². The Labute approximate surface area is 106 Å². The largest absolute Gasteiger partial charge is 0.396 e. The topological polar surface area (TPSA) is 38.7 Å². The fraction of sp³-hybridized carbons (Fsp3) is 0.818. The Balaban J connectivity index is 4.39. The minimum absolute atomic E-state index is 0.000309. The molecule has 0 bridgehead atoms. The van der Waals surface area contributed by atoms with Crippen molar-refractivity contribution in [1.82, 2.24) is 0 Å². The van der Waals surface area contributed by atoms with Gasteiger partial charge in [0.25, 0.3) is 0 Å². The fourth-order valence-electron chi connectivity index (χ4n) is 1.54. The van der Waals surface area contributed by atoms with E-state index in [1.54, 1.807) is 7.11 Å². The van der Waals surface area contributed by atoms with E-state index in [9.17, 15) is 0 Å². The Hall–Kier alpha value is 0.350. The van der Waals surface area contributed by atoms with Crippen LogP contribution in [0.1, 0.15) is 20.8 Å². The number of aliphatic hydroxyl groups is 1. The van der Waals surface area contributed by atoms with Crippen LogP contribution in [0, 0.1) is 11.8 Å². The number of allylic oxidation sites excluding steroid dienone is 1. The lowest BCUT2D eigenvalue weighted by atomic mass is 9.93. The second-order valence-electron chi connectivity index (χ2n) is 3.81. The first-order chi connectivity index (χ1) is 7.02. The molecule has 3 atom stereocenters. The van der Waals surface area contributed by atoms with Gasteiger partial charge in [-0.3, -0.25) is 0 Å². The lowest BCUT2D eigenvalue weighted by molar-refractivity contribution is -0.107. The van der Waals surface area contributed by atoms with E-state index in [2.05, 4.69) is 35.6 Å². The first-order valence-corrected chi connectivity index (χ1v) is 6.16. The molecule has 0 heterocycles. The van der Waals surface area contributed by atoms with Crippen molar-refractivity contribution >= 4 is 22.6 Å². The third kappa shape index (κ3) is 6.50. The molecule has 0 saturated heterocycles. The first kappa shape index (κ1) is 15.3. The zero-order chi connectivity index (χ0) is 11.8. The van der Waals surface area contributed by atoms with E-state index in [4.69, 9.17) is 14.6 Å². The molecule has 0 aliphatic carbocycles. The fourth-order valence-corrected chi connectivity index (χ4v) is 2.11. The molecule has 0 radical (unpaired) electrons. The lowest BCUT2D eigenvalue weighted by Crippen LogP contribution is -2.31. The summed E-state index contributed by atoms with van der Waals surface area (Å²) in [6, 6.07) is 0. The summed E-state index contributed by atoms with van der Waals surface area (Å²) in [6.45, 7) is 6.52. The SMILES string of the molecule is COCO[C@H]([C@@H](C)/C=C(/C)I)[C@@H](C)CO. The minimum Gasteiger partial charge on any atom is -0.396 e. The molecule has 1 N–H and O–H groups in total. The molecule has 15 heavy (non-hydrogen) atoms. The van der Waals surface area contributed by atoms with Gasteiger partial charge in [0, 0.05) is 25.6 Å².